The van der Waals surface area contributed by atoms with Gasteiger partial charge in [0.25, 0.3) is 0 Å². The maximum atomic E-state index is 4.26. The smallest absolute Gasteiger partial charge is 0.199 e. The van der Waals surface area contributed by atoms with Crippen molar-refractivity contribution >= 4 is 11.2 Å². The summed E-state index contributed by atoms with van der Waals surface area (Å²) in [5.74, 6) is 0. The lowest BCUT2D eigenvalue weighted by Crippen LogP contribution is -2.00. The van der Waals surface area contributed by atoms with E-state index in [9.17, 15) is 0 Å². The molecule has 4 nitrogen and oxygen atoms in total. The average molecular weight is 162 g/mol. The van der Waals surface area contributed by atoms with E-state index in [1.165, 1.54) is 0 Å². The van der Waals surface area contributed by atoms with Gasteiger partial charge in [0.05, 0.1) is 6.20 Å². The van der Waals surface area contributed by atoms with Gasteiger partial charge < -0.3 is 0 Å². The van der Waals surface area contributed by atoms with Gasteiger partial charge in [-0.2, -0.15) is 5.10 Å². The summed E-state index contributed by atoms with van der Waals surface area (Å²) in [5.41, 5.74) is 1.57. The SMILES string of the molecule is CC(C)n1cc2nccnc2n1. The summed E-state index contributed by atoms with van der Waals surface area (Å²) in [6, 6.07) is 0.362. The lowest BCUT2D eigenvalue weighted by atomic mass is 10.4. The van der Waals surface area contributed by atoms with Gasteiger partial charge in [-0.15, -0.1) is 0 Å². The molecule has 0 spiro atoms. The van der Waals surface area contributed by atoms with Crippen LogP contribution in [0.3, 0.4) is 0 Å². The van der Waals surface area contributed by atoms with E-state index in [2.05, 4.69) is 28.9 Å². The van der Waals surface area contributed by atoms with Gasteiger partial charge in [0.2, 0.25) is 0 Å². The largest absolute Gasteiger partial charge is 0.266 e. The molecular weight excluding hydrogens is 152 g/mol. The molecule has 12 heavy (non-hydrogen) atoms. The highest BCUT2D eigenvalue weighted by Gasteiger charge is 2.03. The highest BCUT2D eigenvalue weighted by Crippen LogP contribution is 2.09. The van der Waals surface area contributed by atoms with Crippen molar-refractivity contribution in [3.8, 4) is 0 Å². The summed E-state index contributed by atoms with van der Waals surface area (Å²) >= 11 is 0. The molecule has 4 heteroatoms. The van der Waals surface area contributed by atoms with Crippen molar-refractivity contribution in [3.05, 3.63) is 18.6 Å². The molecule has 0 aliphatic heterocycles. The molecule has 2 heterocycles. The Morgan fingerprint density at radius 1 is 1.25 bits per heavy atom. The van der Waals surface area contributed by atoms with Gasteiger partial charge in [-0.25, -0.2) is 9.97 Å². The maximum absolute atomic E-state index is 4.26. The van der Waals surface area contributed by atoms with Crippen LogP contribution < -0.4 is 0 Å². The van der Waals surface area contributed by atoms with Crippen LogP contribution in [0.2, 0.25) is 0 Å². The Bertz CT molecular complexity index is 358. The molecule has 0 atom stereocenters. The summed E-state index contributed by atoms with van der Waals surface area (Å²) in [6.07, 6.45) is 5.24. The van der Waals surface area contributed by atoms with Gasteiger partial charge >= 0.3 is 0 Å². The van der Waals surface area contributed by atoms with Gasteiger partial charge in [-0.1, -0.05) is 0 Å². The molecule has 0 unspecified atom stereocenters. The maximum Gasteiger partial charge on any atom is 0.199 e. The van der Waals surface area contributed by atoms with Crippen LogP contribution in [0.4, 0.5) is 0 Å². The molecule has 0 radical (unpaired) electrons. The molecule has 0 aromatic carbocycles. The number of aromatic nitrogens is 4. The fourth-order valence-electron chi connectivity index (χ4n) is 1.04. The Labute approximate surface area is 70.3 Å². The topological polar surface area (TPSA) is 43.6 Å². The van der Waals surface area contributed by atoms with Crippen LogP contribution in [0.25, 0.3) is 11.2 Å². The van der Waals surface area contributed by atoms with Crippen molar-refractivity contribution in [2.75, 3.05) is 0 Å². The quantitative estimate of drug-likeness (QED) is 0.636. The Kier molecular flexibility index (Phi) is 1.53. The molecule has 0 bridgehead atoms. The Morgan fingerprint density at radius 3 is 2.67 bits per heavy atom. The first kappa shape index (κ1) is 7.21. The second-order valence-corrected chi connectivity index (χ2v) is 2.97. The molecule has 2 aromatic heterocycles. The molecule has 62 valence electrons. The van der Waals surface area contributed by atoms with Gasteiger partial charge in [-0.05, 0) is 13.8 Å². The Hall–Kier alpha value is -1.45. The molecule has 0 fully saturated rings. The molecule has 0 saturated heterocycles. The molecule has 0 N–H and O–H groups in total. The molecule has 2 aromatic rings. The van der Waals surface area contributed by atoms with E-state index in [0.717, 1.165) is 5.52 Å². The van der Waals surface area contributed by atoms with Crippen LogP contribution in [-0.2, 0) is 0 Å². The summed E-state index contributed by atoms with van der Waals surface area (Å²) in [6.45, 7) is 4.15. The van der Waals surface area contributed by atoms with Gasteiger partial charge in [0.1, 0.15) is 5.52 Å². The zero-order chi connectivity index (χ0) is 8.55. The minimum Gasteiger partial charge on any atom is -0.266 e. The van der Waals surface area contributed by atoms with Gasteiger partial charge in [0.15, 0.2) is 5.65 Å². The van der Waals surface area contributed by atoms with E-state index in [4.69, 9.17) is 0 Å². The second-order valence-electron chi connectivity index (χ2n) is 2.97. The lowest BCUT2D eigenvalue weighted by Gasteiger charge is -2.01. The van der Waals surface area contributed by atoms with Crippen LogP contribution >= 0.6 is 0 Å². The van der Waals surface area contributed by atoms with Crippen LogP contribution in [-0.4, -0.2) is 19.7 Å². The summed E-state index contributed by atoms with van der Waals surface area (Å²) < 4.78 is 1.87. The Balaban J connectivity index is 2.62. The predicted octanol–water partition coefficient (Wildman–Crippen LogP) is 1.41. The number of hydrogen-bond donors (Lipinski definition) is 0. The monoisotopic (exact) mass is 162 g/mol. The van der Waals surface area contributed by atoms with Crippen molar-refractivity contribution in [2.24, 2.45) is 0 Å². The minimum atomic E-state index is 0.362. The molecule has 0 aliphatic carbocycles. The van der Waals surface area contributed by atoms with Crippen molar-refractivity contribution in [1.29, 1.82) is 0 Å². The first-order valence-corrected chi connectivity index (χ1v) is 3.93. The van der Waals surface area contributed by atoms with Crippen LogP contribution in [0.1, 0.15) is 19.9 Å². The van der Waals surface area contributed by atoms with Gasteiger partial charge in [0, 0.05) is 18.4 Å². The number of hydrogen-bond acceptors (Lipinski definition) is 3. The second kappa shape index (κ2) is 2.55. The van der Waals surface area contributed by atoms with Gasteiger partial charge in [-0.3, -0.25) is 4.68 Å². The average Bonchev–Trinajstić information content (AvgIpc) is 2.46. The summed E-state index contributed by atoms with van der Waals surface area (Å²) in [7, 11) is 0. The van der Waals surface area contributed by atoms with E-state index in [1.54, 1.807) is 12.4 Å². The standard InChI is InChI=1S/C8H10N4/c1-6(2)12-5-7-8(11-12)10-4-3-9-7/h3-6H,1-2H3. The summed E-state index contributed by atoms with van der Waals surface area (Å²) in [4.78, 5) is 8.23. The fourth-order valence-corrected chi connectivity index (χ4v) is 1.04. The minimum absolute atomic E-state index is 0.362. The Morgan fingerprint density at radius 2 is 2.00 bits per heavy atom. The molecule has 0 saturated carbocycles. The molecule has 0 aliphatic rings. The van der Waals surface area contributed by atoms with E-state index >= 15 is 0 Å². The zero-order valence-corrected chi connectivity index (χ0v) is 7.10. The number of nitrogens with zero attached hydrogens (tertiary/aromatic N) is 4. The fraction of sp³-hybridized carbons (Fsp3) is 0.375. The third kappa shape index (κ3) is 1.05. The highest BCUT2D eigenvalue weighted by molar-refractivity contribution is 5.67. The molecule has 0 amide bonds. The van der Waals surface area contributed by atoms with Crippen LogP contribution in [0.5, 0.6) is 0 Å². The third-order valence-corrected chi connectivity index (χ3v) is 1.70. The number of rotatable bonds is 1. The van der Waals surface area contributed by atoms with E-state index in [1.807, 2.05) is 10.9 Å². The van der Waals surface area contributed by atoms with Crippen molar-refractivity contribution < 1.29 is 0 Å². The highest BCUT2D eigenvalue weighted by atomic mass is 15.3. The summed E-state index contributed by atoms with van der Waals surface area (Å²) in [5, 5.41) is 4.26. The third-order valence-electron chi connectivity index (χ3n) is 1.70. The van der Waals surface area contributed by atoms with Crippen LogP contribution in [0.15, 0.2) is 18.6 Å². The van der Waals surface area contributed by atoms with Crippen molar-refractivity contribution in [3.63, 3.8) is 0 Å². The normalized spacial score (nSPS) is 11.2. The molecule has 2 rings (SSSR count). The predicted molar refractivity (Wildman–Crippen MR) is 45.7 cm³/mol. The zero-order valence-electron chi connectivity index (χ0n) is 7.10. The first-order chi connectivity index (χ1) is 5.77. The van der Waals surface area contributed by atoms with Crippen molar-refractivity contribution in [1.82, 2.24) is 19.7 Å². The molecular formula is C8H10N4. The lowest BCUT2D eigenvalue weighted by molar-refractivity contribution is 0.536. The first-order valence-electron chi connectivity index (χ1n) is 3.93. The van der Waals surface area contributed by atoms with Crippen LogP contribution in [0, 0.1) is 0 Å². The van der Waals surface area contributed by atoms with E-state index < -0.39 is 0 Å². The van der Waals surface area contributed by atoms with E-state index in [-0.39, 0.29) is 0 Å². The van der Waals surface area contributed by atoms with Crippen molar-refractivity contribution in [2.45, 2.75) is 19.9 Å². The number of fused-ring (bicyclic) bond motifs is 1. The van der Waals surface area contributed by atoms with E-state index in [0.29, 0.717) is 11.7 Å².